The van der Waals surface area contributed by atoms with Gasteiger partial charge in [0.2, 0.25) is 0 Å². The second kappa shape index (κ2) is 5.14. The number of carbonyl (C=O) groups excluding carboxylic acids is 1. The number of hydrogen-bond acceptors (Lipinski definition) is 2. The van der Waals surface area contributed by atoms with Crippen LogP contribution in [0.4, 0.5) is 0 Å². The first-order chi connectivity index (χ1) is 7.68. The summed E-state index contributed by atoms with van der Waals surface area (Å²) in [5.74, 6) is 0.111. The molecule has 0 aromatic heterocycles. The van der Waals surface area contributed by atoms with E-state index in [0.29, 0.717) is 19.7 Å². The second-order valence-corrected chi connectivity index (χ2v) is 5.07. The molecule has 1 fully saturated rings. The molecule has 1 aromatic rings. The molecule has 3 nitrogen and oxygen atoms in total. The number of carbonyl (C=O) groups is 1. The molecule has 0 N–H and O–H groups in total. The van der Waals surface area contributed by atoms with E-state index in [4.69, 9.17) is 4.74 Å². The van der Waals surface area contributed by atoms with Crippen LogP contribution in [0.15, 0.2) is 24.3 Å². The summed E-state index contributed by atoms with van der Waals surface area (Å²) in [6.07, 6.45) is 0.138. The Hall–Kier alpha value is -0.620. The van der Waals surface area contributed by atoms with Crippen LogP contribution in [0.1, 0.15) is 17.3 Å². The Morgan fingerprint density at radius 1 is 1.50 bits per heavy atom. The van der Waals surface area contributed by atoms with Gasteiger partial charge in [0.25, 0.3) is 5.91 Å². The van der Waals surface area contributed by atoms with Gasteiger partial charge in [0.05, 0.1) is 18.3 Å². The third-order valence-corrected chi connectivity index (χ3v) is 3.57. The summed E-state index contributed by atoms with van der Waals surface area (Å²) in [6.45, 7) is 4.00. The highest BCUT2D eigenvalue weighted by molar-refractivity contribution is 14.1. The van der Waals surface area contributed by atoms with Crippen molar-refractivity contribution in [1.82, 2.24) is 4.90 Å². The number of rotatable bonds is 1. The molecule has 2 rings (SSSR count). The summed E-state index contributed by atoms with van der Waals surface area (Å²) in [5, 5.41) is 0. The van der Waals surface area contributed by atoms with E-state index in [1.54, 1.807) is 0 Å². The van der Waals surface area contributed by atoms with Crippen molar-refractivity contribution in [2.45, 2.75) is 13.0 Å². The highest BCUT2D eigenvalue weighted by Gasteiger charge is 2.23. The van der Waals surface area contributed by atoms with Crippen molar-refractivity contribution in [3.8, 4) is 0 Å². The summed E-state index contributed by atoms with van der Waals surface area (Å²) in [4.78, 5) is 14.1. The van der Waals surface area contributed by atoms with Crippen molar-refractivity contribution in [2.75, 3.05) is 19.7 Å². The molecule has 1 heterocycles. The van der Waals surface area contributed by atoms with Gasteiger partial charge in [0.1, 0.15) is 0 Å². The van der Waals surface area contributed by atoms with Gasteiger partial charge in [0, 0.05) is 16.7 Å². The maximum Gasteiger partial charge on any atom is 0.255 e. The van der Waals surface area contributed by atoms with Crippen LogP contribution in [0, 0.1) is 3.57 Å². The largest absolute Gasteiger partial charge is 0.375 e. The zero-order chi connectivity index (χ0) is 11.5. The molecule has 1 aliphatic heterocycles. The van der Waals surface area contributed by atoms with Crippen molar-refractivity contribution in [2.24, 2.45) is 0 Å². The predicted molar refractivity (Wildman–Crippen MR) is 70.5 cm³/mol. The van der Waals surface area contributed by atoms with Gasteiger partial charge in [-0.3, -0.25) is 4.79 Å². The van der Waals surface area contributed by atoms with Crippen molar-refractivity contribution in [3.05, 3.63) is 33.4 Å². The standard InChI is InChI=1S/C12H14INO2/c1-9-8-14(6-7-16-9)12(15)10-4-2-3-5-11(10)13/h2-5,9H,6-8H2,1H3/t9-/m0/s1. The lowest BCUT2D eigenvalue weighted by Crippen LogP contribution is -2.44. The lowest BCUT2D eigenvalue weighted by atomic mass is 10.2. The molecule has 0 saturated carbocycles. The van der Waals surface area contributed by atoms with E-state index < -0.39 is 0 Å². The fourth-order valence-corrected chi connectivity index (χ4v) is 2.43. The Morgan fingerprint density at radius 3 is 2.94 bits per heavy atom. The van der Waals surface area contributed by atoms with Crippen LogP contribution in [0.2, 0.25) is 0 Å². The van der Waals surface area contributed by atoms with E-state index in [-0.39, 0.29) is 12.0 Å². The molecule has 0 aliphatic carbocycles. The molecule has 0 bridgehead atoms. The lowest BCUT2D eigenvalue weighted by molar-refractivity contribution is -0.0124. The van der Waals surface area contributed by atoms with Crippen LogP contribution in [0.5, 0.6) is 0 Å². The minimum absolute atomic E-state index is 0.111. The van der Waals surface area contributed by atoms with E-state index in [0.717, 1.165) is 9.13 Å². The second-order valence-electron chi connectivity index (χ2n) is 3.91. The SMILES string of the molecule is C[C@H]1CN(C(=O)c2ccccc2I)CCO1. The summed E-state index contributed by atoms with van der Waals surface area (Å²) < 4.78 is 6.43. The van der Waals surface area contributed by atoms with E-state index in [1.807, 2.05) is 36.1 Å². The van der Waals surface area contributed by atoms with Gasteiger partial charge in [-0.1, -0.05) is 12.1 Å². The third-order valence-electron chi connectivity index (χ3n) is 2.63. The quantitative estimate of drug-likeness (QED) is 0.738. The minimum Gasteiger partial charge on any atom is -0.375 e. The van der Waals surface area contributed by atoms with Crippen LogP contribution >= 0.6 is 22.6 Å². The van der Waals surface area contributed by atoms with Gasteiger partial charge < -0.3 is 9.64 Å². The predicted octanol–water partition coefficient (Wildman–Crippen LogP) is 2.15. The maximum absolute atomic E-state index is 12.2. The number of ether oxygens (including phenoxy) is 1. The molecule has 86 valence electrons. The molecule has 1 aromatic carbocycles. The van der Waals surface area contributed by atoms with Crippen LogP contribution in [0.3, 0.4) is 0 Å². The molecule has 0 spiro atoms. The lowest BCUT2D eigenvalue weighted by Gasteiger charge is -2.31. The number of amides is 1. The van der Waals surface area contributed by atoms with Crippen molar-refractivity contribution >= 4 is 28.5 Å². The number of hydrogen-bond donors (Lipinski definition) is 0. The fourth-order valence-electron chi connectivity index (χ4n) is 1.81. The summed E-state index contributed by atoms with van der Waals surface area (Å²) >= 11 is 2.20. The first-order valence-corrected chi connectivity index (χ1v) is 6.42. The average Bonchev–Trinajstić information content (AvgIpc) is 2.29. The zero-order valence-electron chi connectivity index (χ0n) is 9.15. The highest BCUT2D eigenvalue weighted by atomic mass is 127. The summed E-state index contributed by atoms with van der Waals surface area (Å²) in [5.41, 5.74) is 0.789. The fraction of sp³-hybridized carbons (Fsp3) is 0.417. The molecule has 0 radical (unpaired) electrons. The Labute approximate surface area is 109 Å². The first kappa shape index (κ1) is 11.9. The normalized spacial score (nSPS) is 20.9. The summed E-state index contributed by atoms with van der Waals surface area (Å²) in [6, 6.07) is 7.68. The number of nitrogens with zero attached hydrogens (tertiary/aromatic N) is 1. The zero-order valence-corrected chi connectivity index (χ0v) is 11.3. The van der Waals surface area contributed by atoms with Crippen LogP contribution < -0.4 is 0 Å². The van der Waals surface area contributed by atoms with Gasteiger partial charge in [-0.25, -0.2) is 0 Å². The monoisotopic (exact) mass is 331 g/mol. The van der Waals surface area contributed by atoms with Gasteiger partial charge in [-0.2, -0.15) is 0 Å². The minimum atomic E-state index is 0.111. The topological polar surface area (TPSA) is 29.5 Å². The number of benzene rings is 1. The number of morpholine rings is 1. The van der Waals surface area contributed by atoms with E-state index in [9.17, 15) is 4.79 Å². The summed E-state index contributed by atoms with van der Waals surface area (Å²) in [7, 11) is 0. The van der Waals surface area contributed by atoms with Crippen molar-refractivity contribution in [3.63, 3.8) is 0 Å². The van der Waals surface area contributed by atoms with E-state index in [1.165, 1.54) is 0 Å². The molecule has 1 atom stereocenters. The Bertz CT molecular complexity index is 394. The highest BCUT2D eigenvalue weighted by Crippen LogP contribution is 2.16. The van der Waals surface area contributed by atoms with Crippen LogP contribution in [0.25, 0.3) is 0 Å². The molecule has 16 heavy (non-hydrogen) atoms. The van der Waals surface area contributed by atoms with E-state index >= 15 is 0 Å². The molecular formula is C12H14INO2. The maximum atomic E-state index is 12.2. The molecule has 4 heteroatoms. The van der Waals surface area contributed by atoms with Crippen molar-refractivity contribution in [1.29, 1.82) is 0 Å². The van der Waals surface area contributed by atoms with E-state index in [2.05, 4.69) is 22.6 Å². The van der Waals surface area contributed by atoms with Crippen LogP contribution in [-0.2, 0) is 4.74 Å². The Morgan fingerprint density at radius 2 is 2.25 bits per heavy atom. The first-order valence-electron chi connectivity index (χ1n) is 5.34. The van der Waals surface area contributed by atoms with Crippen molar-refractivity contribution < 1.29 is 9.53 Å². The molecule has 1 amide bonds. The van der Waals surface area contributed by atoms with Crippen LogP contribution in [-0.4, -0.2) is 36.6 Å². The Balaban J connectivity index is 2.16. The third kappa shape index (κ3) is 2.55. The molecule has 0 unspecified atom stereocenters. The van der Waals surface area contributed by atoms with Gasteiger partial charge in [-0.05, 0) is 41.6 Å². The Kier molecular flexibility index (Phi) is 3.81. The average molecular weight is 331 g/mol. The van der Waals surface area contributed by atoms with Gasteiger partial charge >= 0.3 is 0 Å². The number of halogens is 1. The molecular weight excluding hydrogens is 317 g/mol. The van der Waals surface area contributed by atoms with Gasteiger partial charge in [-0.15, -0.1) is 0 Å². The van der Waals surface area contributed by atoms with Gasteiger partial charge in [0.15, 0.2) is 0 Å². The smallest absolute Gasteiger partial charge is 0.255 e. The molecule has 1 saturated heterocycles. The molecule has 1 aliphatic rings.